The SMILES string of the molecule is CC12CCC(CC1=NN=C1SC(=Cc3cccn3-c3ccc([N+](=O)[O-])cc3)C(=O)N1c1ccccc1)C2(C)C. The average molecular weight is 540 g/mol. The average Bonchev–Trinajstić information content (AvgIpc) is 3.62. The van der Waals surface area contributed by atoms with E-state index in [-0.39, 0.29) is 22.4 Å². The molecule has 6 rings (SSSR count). The van der Waals surface area contributed by atoms with Crippen LogP contribution in [0.5, 0.6) is 0 Å². The summed E-state index contributed by atoms with van der Waals surface area (Å²) in [4.78, 5) is 26.5. The van der Waals surface area contributed by atoms with Crippen LogP contribution >= 0.6 is 11.8 Å². The van der Waals surface area contributed by atoms with Crippen molar-refractivity contribution in [2.75, 3.05) is 4.90 Å². The molecule has 2 saturated carbocycles. The van der Waals surface area contributed by atoms with Crippen molar-refractivity contribution in [2.24, 2.45) is 27.0 Å². The highest BCUT2D eigenvalue weighted by atomic mass is 32.2. The molecule has 1 aliphatic heterocycles. The van der Waals surface area contributed by atoms with E-state index in [1.807, 2.05) is 59.3 Å². The number of hydrogen-bond donors (Lipinski definition) is 0. The highest BCUT2D eigenvalue weighted by Gasteiger charge is 2.60. The maximum absolute atomic E-state index is 13.7. The zero-order valence-corrected chi connectivity index (χ0v) is 22.9. The molecule has 2 unspecified atom stereocenters. The van der Waals surface area contributed by atoms with E-state index in [9.17, 15) is 14.9 Å². The standard InChI is InChI=1S/C30H29N5O3S/c1-29(2)20-15-16-30(29,3)26(18-20)31-32-28-34(22-8-5-4-6-9-22)27(36)25(39-28)19-24-10-7-17-33(24)21-11-13-23(14-12-21)35(37)38/h4-14,17,19-20H,15-16,18H2,1-3H3. The van der Waals surface area contributed by atoms with Gasteiger partial charge in [0, 0.05) is 40.8 Å². The largest absolute Gasteiger partial charge is 0.317 e. The van der Waals surface area contributed by atoms with E-state index in [1.54, 1.807) is 17.0 Å². The fourth-order valence-corrected chi connectivity index (χ4v) is 7.06. The summed E-state index contributed by atoms with van der Waals surface area (Å²) >= 11 is 1.31. The number of thioether (sulfide) groups is 1. The van der Waals surface area contributed by atoms with Crippen LogP contribution in [-0.4, -0.2) is 26.3 Å². The summed E-state index contributed by atoms with van der Waals surface area (Å²) in [5.41, 5.74) is 3.66. The molecule has 9 heteroatoms. The van der Waals surface area contributed by atoms with Crippen molar-refractivity contribution in [3.8, 4) is 5.69 Å². The van der Waals surface area contributed by atoms with Crippen LogP contribution in [0.2, 0.25) is 0 Å². The van der Waals surface area contributed by atoms with Crippen molar-refractivity contribution in [3.63, 3.8) is 0 Å². The van der Waals surface area contributed by atoms with E-state index in [1.165, 1.54) is 30.3 Å². The molecule has 0 spiro atoms. The van der Waals surface area contributed by atoms with Gasteiger partial charge in [-0.05, 0) is 84.8 Å². The molecule has 1 aromatic heterocycles. The lowest BCUT2D eigenvalue weighted by atomic mass is 9.70. The van der Waals surface area contributed by atoms with Crippen molar-refractivity contribution in [3.05, 3.63) is 93.6 Å². The van der Waals surface area contributed by atoms with Crippen LogP contribution in [0.15, 0.2) is 88.0 Å². The molecule has 198 valence electrons. The number of hydrogen-bond acceptors (Lipinski definition) is 6. The molecule has 2 bridgehead atoms. The number of carbonyl (C=O) groups excluding carboxylic acids is 1. The number of nitro benzene ring substituents is 1. The van der Waals surface area contributed by atoms with Gasteiger partial charge in [0.05, 0.1) is 15.5 Å². The molecule has 0 N–H and O–H groups in total. The summed E-state index contributed by atoms with van der Waals surface area (Å²) in [5, 5.41) is 21.1. The Hall–Kier alpha value is -3.98. The first-order chi connectivity index (χ1) is 18.7. The Morgan fingerprint density at radius 3 is 2.38 bits per heavy atom. The Morgan fingerprint density at radius 1 is 1.00 bits per heavy atom. The Labute approximate surface area is 231 Å². The van der Waals surface area contributed by atoms with Gasteiger partial charge in [-0.25, -0.2) is 0 Å². The predicted octanol–water partition coefficient (Wildman–Crippen LogP) is 7.06. The molecule has 2 aliphatic carbocycles. The molecular formula is C30H29N5O3S. The fourth-order valence-electron chi connectivity index (χ4n) is 6.14. The smallest absolute Gasteiger partial charge is 0.271 e. The van der Waals surface area contributed by atoms with Crippen LogP contribution in [0.25, 0.3) is 11.8 Å². The van der Waals surface area contributed by atoms with Crippen LogP contribution < -0.4 is 4.90 Å². The summed E-state index contributed by atoms with van der Waals surface area (Å²) in [6.07, 6.45) is 7.00. The third-order valence-electron chi connectivity index (χ3n) is 8.99. The zero-order chi connectivity index (χ0) is 27.4. The lowest BCUT2D eigenvalue weighted by Crippen LogP contribution is -2.32. The minimum absolute atomic E-state index is 0.0246. The highest BCUT2D eigenvalue weighted by molar-refractivity contribution is 8.19. The van der Waals surface area contributed by atoms with Crippen LogP contribution in [0.3, 0.4) is 0 Å². The highest BCUT2D eigenvalue weighted by Crippen LogP contribution is 2.64. The quantitative estimate of drug-likeness (QED) is 0.197. The number of non-ortho nitro benzene ring substituents is 1. The van der Waals surface area contributed by atoms with Gasteiger partial charge in [0.1, 0.15) is 0 Å². The number of anilines is 1. The number of carbonyl (C=O) groups is 1. The maximum Gasteiger partial charge on any atom is 0.271 e. The van der Waals surface area contributed by atoms with Crippen molar-refractivity contribution in [1.29, 1.82) is 0 Å². The molecule has 1 amide bonds. The van der Waals surface area contributed by atoms with Crippen LogP contribution in [0.1, 0.15) is 45.7 Å². The summed E-state index contributed by atoms with van der Waals surface area (Å²) in [7, 11) is 0. The molecule has 3 aliphatic rings. The third-order valence-corrected chi connectivity index (χ3v) is 9.95. The monoisotopic (exact) mass is 539 g/mol. The van der Waals surface area contributed by atoms with Crippen molar-refractivity contribution in [1.82, 2.24) is 4.57 Å². The van der Waals surface area contributed by atoms with E-state index in [0.717, 1.165) is 35.6 Å². The number of para-hydroxylation sites is 1. The van der Waals surface area contributed by atoms with E-state index < -0.39 is 4.92 Å². The van der Waals surface area contributed by atoms with Crippen LogP contribution in [-0.2, 0) is 4.79 Å². The topological polar surface area (TPSA) is 93.1 Å². The van der Waals surface area contributed by atoms with Crippen molar-refractivity contribution < 1.29 is 9.72 Å². The van der Waals surface area contributed by atoms with Gasteiger partial charge in [0.2, 0.25) is 5.17 Å². The second kappa shape index (κ2) is 9.34. The first kappa shape index (κ1) is 25.3. The minimum atomic E-state index is -0.420. The first-order valence-corrected chi connectivity index (χ1v) is 13.9. The molecule has 1 saturated heterocycles. The molecule has 2 aromatic carbocycles. The number of amidine groups is 1. The molecule has 39 heavy (non-hydrogen) atoms. The van der Waals surface area contributed by atoms with Crippen LogP contribution in [0, 0.1) is 26.9 Å². The normalized spacial score (nSPS) is 26.8. The van der Waals surface area contributed by atoms with Crippen LogP contribution in [0.4, 0.5) is 11.4 Å². The van der Waals surface area contributed by atoms with Gasteiger partial charge in [-0.1, -0.05) is 39.0 Å². The summed E-state index contributed by atoms with van der Waals surface area (Å²) in [6, 6.07) is 19.6. The number of rotatable bonds is 5. The molecular weight excluding hydrogens is 510 g/mol. The van der Waals surface area contributed by atoms with Gasteiger partial charge in [0.25, 0.3) is 11.6 Å². The molecule has 0 radical (unpaired) electrons. The lowest BCUT2D eigenvalue weighted by Gasteiger charge is -2.34. The van der Waals surface area contributed by atoms with E-state index in [0.29, 0.717) is 16.0 Å². The molecule has 3 aromatic rings. The Bertz CT molecular complexity index is 1550. The van der Waals surface area contributed by atoms with Gasteiger partial charge in [-0.2, -0.15) is 5.10 Å². The number of benzene rings is 2. The van der Waals surface area contributed by atoms with Gasteiger partial charge in [0.15, 0.2) is 0 Å². The predicted molar refractivity (Wildman–Crippen MR) is 156 cm³/mol. The molecule has 8 nitrogen and oxygen atoms in total. The van der Waals surface area contributed by atoms with E-state index in [2.05, 4.69) is 20.8 Å². The number of nitrogens with zero attached hydrogens (tertiary/aromatic N) is 5. The zero-order valence-electron chi connectivity index (χ0n) is 22.1. The third kappa shape index (κ3) is 4.12. The summed E-state index contributed by atoms with van der Waals surface area (Å²) < 4.78 is 1.89. The number of fused-ring (bicyclic) bond motifs is 2. The number of aromatic nitrogens is 1. The first-order valence-electron chi connectivity index (χ1n) is 13.1. The van der Waals surface area contributed by atoms with E-state index >= 15 is 0 Å². The van der Waals surface area contributed by atoms with E-state index in [4.69, 9.17) is 10.2 Å². The van der Waals surface area contributed by atoms with Crippen molar-refractivity contribution in [2.45, 2.75) is 40.0 Å². The second-order valence-electron chi connectivity index (χ2n) is 11.1. The van der Waals surface area contributed by atoms with Gasteiger partial charge in [-0.15, -0.1) is 5.10 Å². The lowest BCUT2D eigenvalue weighted by molar-refractivity contribution is -0.384. The van der Waals surface area contributed by atoms with Gasteiger partial charge >= 0.3 is 0 Å². The maximum atomic E-state index is 13.7. The summed E-state index contributed by atoms with van der Waals surface area (Å²) in [5.74, 6) is 0.452. The Kier molecular flexibility index (Phi) is 6.06. The summed E-state index contributed by atoms with van der Waals surface area (Å²) in [6.45, 7) is 6.98. The fraction of sp³-hybridized carbons (Fsp3) is 0.300. The van der Waals surface area contributed by atoms with Crippen molar-refractivity contribution >= 4 is 46.0 Å². The molecule has 2 atom stereocenters. The Morgan fingerprint density at radius 2 is 1.74 bits per heavy atom. The second-order valence-corrected chi connectivity index (χ2v) is 12.1. The Balaban J connectivity index is 1.36. The molecule has 2 heterocycles. The molecule has 3 fully saturated rings. The van der Waals surface area contributed by atoms with Gasteiger partial charge < -0.3 is 4.57 Å². The minimum Gasteiger partial charge on any atom is -0.317 e. The number of amides is 1. The van der Waals surface area contributed by atoms with Gasteiger partial charge in [-0.3, -0.25) is 19.8 Å². The number of nitro groups is 1.